The number of carbonyl (C=O) groups excluding carboxylic acids is 2. The van der Waals surface area contributed by atoms with Crippen molar-refractivity contribution in [2.45, 2.75) is 34.5 Å². The SMILES string of the molecule is COc1c(Cl)cc2c(c1OC)N(C)[C@@H]1N3C(=O)[C@]4(C)SSSS[C@@]3(C(=O)N4C)[C@H](O)[C@]21O. The van der Waals surface area contributed by atoms with E-state index >= 15 is 0 Å². The highest BCUT2D eigenvalue weighted by atomic mass is 35.5. The number of anilines is 1. The minimum atomic E-state index is -2.00. The van der Waals surface area contributed by atoms with Crippen LogP contribution in [0, 0.1) is 0 Å². The third kappa shape index (κ3) is 2.31. The molecule has 0 unspecified atom stereocenters. The molecule has 5 aliphatic rings. The standard InChI is InChI=1S/C18H20ClN3O6S4/c1-16-14(24)22-13-17(26,12(23)18(22,15(25)21(16)3)30-32-31-29-16)7-6-8(19)10(27-4)11(28-5)9(7)20(13)2/h6,12-13,23,26H,1-5H3/t12-,13-,16+,17-,18-/m1/s1. The highest BCUT2D eigenvalue weighted by Crippen LogP contribution is 2.69. The molecule has 9 nitrogen and oxygen atoms in total. The van der Waals surface area contributed by atoms with Crippen LogP contribution in [0.5, 0.6) is 11.5 Å². The first-order valence-corrected chi connectivity index (χ1v) is 14.6. The lowest BCUT2D eigenvalue weighted by atomic mass is 9.87. The van der Waals surface area contributed by atoms with E-state index in [4.69, 9.17) is 21.1 Å². The van der Waals surface area contributed by atoms with Crippen molar-refractivity contribution in [1.29, 1.82) is 0 Å². The van der Waals surface area contributed by atoms with Gasteiger partial charge in [0, 0.05) is 19.7 Å². The Bertz CT molecular complexity index is 1070. The van der Waals surface area contributed by atoms with Gasteiger partial charge in [0.15, 0.2) is 22.0 Å². The summed E-state index contributed by atoms with van der Waals surface area (Å²) in [5.41, 5.74) is -1.30. The van der Waals surface area contributed by atoms with E-state index in [-0.39, 0.29) is 28.0 Å². The molecule has 2 bridgehead atoms. The van der Waals surface area contributed by atoms with Gasteiger partial charge in [-0.2, -0.15) is 0 Å². The molecule has 2 amide bonds. The fraction of sp³-hybridized carbons (Fsp3) is 0.556. The van der Waals surface area contributed by atoms with Crippen LogP contribution in [0.3, 0.4) is 0 Å². The zero-order valence-electron chi connectivity index (χ0n) is 17.6. The number of rotatable bonds is 2. The Labute approximate surface area is 204 Å². The van der Waals surface area contributed by atoms with E-state index < -0.39 is 33.5 Å². The zero-order chi connectivity index (χ0) is 23.4. The van der Waals surface area contributed by atoms with Crippen LogP contribution in [0.1, 0.15) is 12.5 Å². The molecule has 0 aliphatic carbocycles. The van der Waals surface area contributed by atoms with Crippen molar-refractivity contribution in [1.82, 2.24) is 9.80 Å². The normalized spacial score (nSPS) is 37.8. The van der Waals surface area contributed by atoms with Crippen LogP contribution in [0.4, 0.5) is 5.69 Å². The van der Waals surface area contributed by atoms with Gasteiger partial charge in [-0.25, -0.2) is 0 Å². The molecule has 5 aliphatic heterocycles. The summed E-state index contributed by atoms with van der Waals surface area (Å²) in [7, 11) is 11.1. The van der Waals surface area contributed by atoms with Crippen LogP contribution < -0.4 is 14.4 Å². The van der Waals surface area contributed by atoms with Crippen molar-refractivity contribution >= 4 is 70.3 Å². The molecular formula is C18H20ClN3O6S4. The molecule has 0 radical (unpaired) electrons. The van der Waals surface area contributed by atoms with Crippen molar-refractivity contribution < 1.29 is 29.3 Å². The number of methoxy groups -OCH3 is 2. The van der Waals surface area contributed by atoms with Crippen molar-refractivity contribution in [3.8, 4) is 11.5 Å². The van der Waals surface area contributed by atoms with E-state index in [1.807, 2.05) is 0 Å². The first-order valence-electron chi connectivity index (χ1n) is 9.43. The Balaban J connectivity index is 1.82. The topological polar surface area (TPSA) is 103 Å². The van der Waals surface area contributed by atoms with Crippen LogP contribution in [-0.4, -0.2) is 82.2 Å². The molecular weight excluding hydrogens is 518 g/mol. The van der Waals surface area contributed by atoms with Crippen LogP contribution in [0.2, 0.25) is 5.02 Å². The molecule has 0 aromatic heterocycles. The van der Waals surface area contributed by atoms with E-state index in [1.54, 1.807) is 25.9 Å². The number of ether oxygens (including phenoxy) is 2. The summed E-state index contributed by atoms with van der Waals surface area (Å²) in [6, 6.07) is 1.50. The lowest BCUT2D eigenvalue weighted by Gasteiger charge is -2.54. The second kappa shape index (κ2) is 7.09. The molecule has 32 heavy (non-hydrogen) atoms. The molecule has 1 aromatic carbocycles. The fourth-order valence-corrected chi connectivity index (χ4v) is 13.1. The smallest absolute Gasteiger partial charge is 0.264 e. The van der Waals surface area contributed by atoms with Crippen LogP contribution >= 0.6 is 52.8 Å². The lowest BCUT2D eigenvalue weighted by molar-refractivity contribution is -0.166. The molecule has 1 spiro atoms. The van der Waals surface area contributed by atoms with Crippen molar-refractivity contribution in [3.63, 3.8) is 0 Å². The number of piperazine rings is 1. The third-order valence-electron chi connectivity index (χ3n) is 6.76. The molecule has 4 fully saturated rings. The van der Waals surface area contributed by atoms with E-state index in [1.165, 1.54) is 60.5 Å². The minimum absolute atomic E-state index is 0.175. The van der Waals surface area contributed by atoms with Gasteiger partial charge in [-0.15, -0.1) is 0 Å². The van der Waals surface area contributed by atoms with Gasteiger partial charge in [0.25, 0.3) is 11.8 Å². The maximum absolute atomic E-state index is 13.9. The number of hydrogen-bond donors (Lipinski definition) is 2. The van der Waals surface area contributed by atoms with Gasteiger partial charge in [0.05, 0.1) is 24.9 Å². The predicted octanol–water partition coefficient (Wildman–Crippen LogP) is 2.10. The summed E-state index contributed by atoms with van der Waals surface area (Å²) in [5, 5.41) is 24.0. The van der Waals surface area contributed by atoms with Crippen molar-refractivity contribution in [2.75, 3.05) is 33.2 Å². The third-order valence-corrected chi connectivity index (χ3v) is 14.4. The zero-order valence-corrected chi connectivity index (χ0v) is 21.6. The number of benzene rings is 1. The van der Waals surface area contributed by atoms with E-state index in [0.717, 1.165) is 10.8 Å². The second-order valence-corrected chi connectivity index (χ2v) is 14.8. The van der Waals surface area contributed by atoms with Gasteiger partial charge in [0.1, 0.15) is 12.3 Å². The molecule has 0 saturated carbocycles. The summed E-state index contributed by atoms with van der Waals surface area (Å²) in [4.78, 5) is 29.1. The fourth-order valence-electron chi connectivity index (χ4n) is 5.10. The Morgan fingerprint density at radius 1 is 1.09 bits per heavy atom. The number of halogens is 1. The Morgan fingerprint density at radius 2 is 1.72 bits per heavy atom. The maximum Gasteiger partial charge on any atom is 0.264 e. The van der Waals surface area contributed by atoms with Gasteiger partial charge in [0.2, 0.25) is 4.87 Å². The number of amides is 2. The maximum atomic E-state index is 13.9. The largest absolute Gasteiger partial charge is 0.491 e. The predicted molar refractivity (Wildman–Crippen MR) is 128 cm³/mol. The Kier molecular flexibility index (Phi) is 5.08. The Hall–Kier alpha value is -0.830. The molecule has 5 atom stereocenters. The molecule has 2 N–H and O–H groups in total. The summed E-state index contributed by atoms with van der Waals surface area (Å²) >= 11 is 6.44. The number of nitrogens with zero attached hydrogens (tertiary/aromatic N) is 3. The van der Waals surface area contributed by atoms with Crippen LogP contribution in [-0.2, 0) is 15.2 Å². The first-order chi connectivity index (χ1) is 15.0. The molecule has 6 rings (SSSR count). The highest BCUT2D eigenvalue weighted by molar-refractivity contribution is 9.26. The minimum Gasteiger partial charge on any atom is -0.491 e. The molecule has 4 saturated heterocycles. The number of aliphatic hydroxyl groups excluding tert-OH is 1. The summed E-state index contributed by atoms with van der Waals surface area (Å²) in [6.45, 7) is 1.68. The van der Waals surface area contributed by atoms with Gasteiger partial charge in [-0.05, 0) is 54.2 Å². The number of carbonyl (C=O) groups is 2. The molecule has 1 aromatic rings. The average molecular weight is 538 g/mol. The van der Waals surface area contributed by atoms with Crippen LogP contribution in [0.15, 0.2) is 6.07 Å². The van der Waals surface area contributed by atoms with Crippen LogP contribution in [0.25, 0.3) is 0 Å². The average Bonchev–Trinajstić information content (AvgIpc) is 3.10. The van der Waals surface area contributed by atoms with E-state index in [0.29, 0.717) is 5.69 Å². The van der Waals surface area contributed by atoms with Gasteiger partial charge < -0.3 is 29.5 Å². The molecule has 14 heteroatoms. The number of aliphatic hydroxyl groups is 2. The second-order valence-electron chi connectivity index (χ2n) is 8.05. The first kappa shape index (κ1) is 22.9. The molecule has 174 valence electrons. The number of fused-ring (bicyclic) bond motifs is 7. The van der Waals surface area contributed by atoms with Gasteiger partial charge in [-0.3, -0.25) is 14.5 Å². The summed E-state index contributed by atoms with van der Waals surface area (Å²) in [6.07, 6.45) is -2.70. The lowest BCUT2D eigenvalue weighted by Crippen LogP contribution is -2.75. The summed E-state index contributed by atoms with van der Waals surface area (Å²) in [5.74, 6) is -0.274. The monoisotopic (exact) mass is 537 g/mol. The van der Waals surface area contributed by atoms with Crippen molar-refractivity contribution in [2.24, 2.45) is 0 Å². The van der Waals surface area contributed by atoms with Gasteiger partial charge >= 0.3 is 0 Å². The number of likely N-dealkylation sites (N-methyl/N-ethyl adjacent to an activating group) is 2. The van der Waals surface area contributed by atoms with Gasteiger partial charge in [-0.1, -0.05) is 11.6 Å². The van der Waals surface area contributed by atoms with Crippen molar-refractivity contribution in [3.05, 3.63) is 16.7 Å². The van der Waals surface area contributed by atoms with E-state index in [9.17, 15) is 19.8 Å². The Morgan fingerprint density at radius 3 is 2.34 bits per heavy atom. The molecule has 5 heterocycles. The summed E-state index contributed by atoms with van der Waals surface area (Å²) < 4.78 is 11.0. The number of hydrogen-bond acceptors (Lipinski definition) is 11. The quantitative estimate of drug-likeness (QED) is 0.542. The van der Waals surface area contributed by atoms with E-state index in [2.05, 4.69) is 0 Å². The highest BCUT2D eigenvalue weighted by Gasteiger charge is 2.80.